The fourth-order valence-electron chi connectivity index (χ4n) is 3.08. The lowest BCUT2D eigenvalue weighted by molar-refractivity contribution is 0.126. The number of hydrogen-bond donors (Lipinski definition) is 1. The van der Waals surface area contributed by atoms with Crippen molar-refractivity contribution >= 4 is 5.69 Å². The SMILES string of the molecule is OC1C[C@H]2CC[C@@H](C1)N2c1cccnc1. The van der Waals surface area contributed by atoms with Crippen LogP contribution in [-0.4, -0.2) is 28.3 Å². The summed E-state index contributed by atoms with van der Waals surface area (Å²) in [7, 11) is 0. The van der Waals surface area contributed by atoms with Crippen LogP contribution in [0, 0.1) is 0 Å². The molecule has 1 N–H and O–H groups in total. The fraction of sp³-hybridized carbons (Fsp3) is 0.583. The number of aromatic nitrogens is 1. The Hall–Kier alpha value is -1.09. The highest BCUT2D eigenvalue weighted by Crippen LogP contribution is 2.38. The Morgan fingerprint density at radius 3 is 2.60 bits per heavy atom. The summed E-state index contributed by atoms with van der Waals surface area (Å²) < 4.78 is 0. The summed E-state index contributed by atoms with van der Waals surface area (Å²) in [4.78, 5) is 6.63. The highest BCUT2D eigenvalue weighted by molar-refractivity contribution is 5.48. The van der Waals surface area contributed by atoms with Gasteiger partial charge in [-0.2, -0.15) is 0 Å². The van der Waals surface area contributed by atoms with Crippen molar-refractivity contribution in [1.29, 1.82) is 0 Å². The van der Waals surface area contributed by atoms with Crippen LogP contribution in [0.5, 0.6) is 0 Å². The van der Waals surface area contributed by atoms with E-state index in [1.165, 1.54) is 18.5 Å². The van der Waals surface area contributed by atoms with Gasteiger partial charge in [-0.3, -0.25) is 4.98 Å². The molecular weight excluding hydrogens is 188 g/mol. The summed E-state index contributed by atoms with van der Waals surface area (Å²) in [6.45, 7) is 0. The summed E-state index contributed by atoms with van der Waals surface area (Å²) in [6.07, 6.45) is 7.94. The molecule has 1 unspecified atom stereocenters. The van der Waals surface area contributed by atoms with E-state index in [2.05, 4.69) is 16.0 Å². The third-order valence-electron chi connectivity index (χ3n) is 3.65. The number of pyridine rings is 1. The summed E-state index contributed by atoms with van der Waals surface area (Å²) in [5.41, 5.74) is 1.22. The van der Waals surface area contributed by atoms with Gasteiger partial charge in [-0.05, 0) is 37.8 Å². The molecule has 80 valence electrons. The topological polar surface area (TPSA) is 36.4 Å². The number of anilines is 1. The van der Waals surface area contributed by atoms with Crippen molar-refractivity contribution in [3.8, 4) is 0 Å². The first-order valence-corrected chi connectivity index (χ1v) is 5.71. The van der Waals surface area contributed by atoms with Gasteiger partial charge in [0.05, 0.1) is 18.0 Å². The molecular formula is C12H16N2O. The molecule has 3 atom stereocenters. The van der Waals surface area contributed by atoms with Gasteiger partial charge in [0.15, 0.2) is 0 Å². The maximum atomic E-state index is 9.71. The van der Waals surface area contributed by atoms with E-state index >= 15 is 0 Å². The zero-order chi connectivity index (χ0) is 10.3. The third kappa shape index (κ3) is 1.51. The van der Waals surface area contributed by atoms with Crippen molar-refractivity contribution in [2.24, 2.45) is 0 Å². The van der Waals surface area contributed by atoms with E-state index in [0.29, 0.717) is 12.1 Å². The highest BCUT2D eigenvalue weighted by atomic mass is 16.3. The Morgan fingerprint density at radius 2 is 2.00 bits per heavy atom. The van der Waals surface area contributed by atoms with E-state index in [1.807, 2.05) is 18.5 Å². The number of fused-ring (bicyclic) bond motifs is 2. The summed E-state index contributed by atoms with van der Waals surface area (Å²) in [5, 5.41) is 9.71. The number of aliphatic hydroxyl groups is 1. The lowest BCUT2D eigenvalue weighted by Gasteiger charge is -2.38. The zero-order valence-electron chi connectivity index (χ0n) is 8.71. The molecule has 0 aromatic carbocycles. The molecule has 1 aromatic rings. The van der Waals surface area contributed by atoms with Gasteiger partial charge in [-0.25, -0.2) is 0 Å². The third-order valence-corrected chi connectivity index (χ3v) is 3.65. The first-order chi connectivity index (χ1) is 7.34. The highest BCUT2D eigenvalue weighted by Gasteiger charge is 2.40. The molecule has 2 saturated heterocycles. The molecule has 0 radical (unpaired) electrons. The van der Waals surface area contributed by atoms with E-state index in [4.69, 9.17) is 0 Å². The standard InChI is InChI=1S/C12H16N2O/c15-12-6-9-3-4-10(7-12)14(9)11-2-1-5-13-8-11/h1-2,5,8-10,12,15H,3-4,6-7H2/t9-,10+,12?. The van der Waals surface area contributed by atoms with Crippen molar-refractivity contribution in [1.82, 2.24) is 4.98 Å². The van der Waals surface area contributed by atoms with Crippen molar-refractivity contribution < 1.29 is 5.11 Å². The lowest BCUT2D eigenvalue weighted by Crippen LogP contribution is -2.44. The van der Waals surface area contributed by atoms with Crippen LogP contribution >= 0.6 is 0 Å². The monoisotopic (exact) mass is 204 g/mol. The first-order valence-electron chi connectivity index (χ1n) is 5.71. The van der Waals surface area contributed by atoms with Crippen LogP contribution in [0.1, 0.15) is 25.7 Å². The molecule has 2 aliphatic heterocycles. The predicted octanol–water partition coefficient (Wildman–Crippen LogP) is 1.57. The predicted molar refractivity (Wildman–Crippen MR) is 58.8 cm³/mol. The molecule has 3 rings (SSSR count). The molecule has 2 bridgehead atoms. The second-order valence-corrected chi connectivity index (χ2v) is 4.63. The van der Waals surface area contributed by atoms with Crippen molar-refractivity contribution in [2.75, 3.05) is 4.90 Å². The van der Waals surface area contributed by atoms with Crippen LogP contribution in [0.15, 0.2) is 24.5 Å². The number of piperidine rings is 1. The number of nitrogens with zero attached hydrogens (tertiary/aromatic N) is 2. The Balaban J connectivity index is 1.89. The summed E-state index contributed by atoms with van der Waals surface area (Å²) in [5.74, 6) is 0. The van der Waals surface area contributed by atoms with Crippen LogP contribution < -0.4 is 4.90 Å². The molecule has 3 heteroatoms. The number of rotatable bonds is 1. The zero-order valence-corrected chi connectivity index (χ0v) is 8.71. The smallest absolute Gasteiger partial charge is 0.0579 e. The van der Waals surface area contributed by atoms with E-state index in [1.54, 1.807) is 0 Å². The Kier molecular flexibility index (Phi) is 2.13. The molecule has 3 heterocycles. The fourth-order valence-corrected chi connectivity index (χ4v) is 3.08. The second kappa shape index (κ2) is 3.49. The minimum atomic E-state index is -0.0876. The lowest BCUT2D eigenvalue weighted by atomic mass is 9.99. The van der Waals surface area contributed by atoms with E-state index < -0.39 is 0 Å². The average molecular weight is 204 g/mol. The van der Waals surface area contributed by atoms with E-state index in [0.717, 1.165) is 12.8 Å². The average Bonchev–Trinajstić information content (AvgIpc) is 2.53. The van der Waals surface area contributed by atoms with E-state index in [9.17, 15) is 5.11 Å². The van der Waals surface area contributed by atoms with Crippen molar-refractivity contribution in [3.63, 3.8) is 0 Å². The molecule has 0 saturated carbocycles. The van der Waals surface area contributed by atoms with Crippen LogP contribution in [0.3, 0.4) is 0 Å². The van der Waals surface area contributed by atoms with Crippen LogP contribution in [-0.2, 0) is 0 Å². The largest absolute Gasteiger partial charge is 0.393 e. The minimum absolute atomic E-state index is 0.0876. The molecule has 1 aromatic heterocycles. The van der Waals surface area contributed by atoms with Gasteiger partial charge in [-0.15, -0.1) is 0 Å². The van der Waals surface area contributed by atoms with Gasteiger partial charge in [0, 0.05) is 18.3 Å². The number of aliphatic hydroxyl groups excluding tert-OH is 1. The Labute approximate surface area is 89.7 Å². The van der Waals surface area contributed by atoms with Gasteiger partial charge in [0.1, 0.15) is 0 Å². The normalized spacial score (nSPS) is 34.5. The van der Waals surface area contributed by atoms with Crippen LogP contribution in [0.4, 0.5) is 5.69 Å². The summed E-state index contributed by atoms with van der Waals surface area (Å²) >= 11 is 0. The minimum Gasteiger partial charge on any atom is -0.393 e. The van der Waals surface area contributed by atoms with Crippen molar-refractivity contribution in [2.45, 2.75) is 43.9 Å². The molecule has 0 aliphatic carbocycles. The molecule has 2 fully saturated rings. The molecule has 3 nitrogen and oxygen atoms in total. The molecule has 0 amide bonds. The van der Waals surface area contributed by atoms with Gasteiger partial charge in [-0.1, -0.05) is 0 Å². The van der Waals surface area contributed by atoms with Crippen LogP contribution in [0.25, 0.3) is 0 Å². The quantitative estimate of drug-likeness (QED) is 0.754. The molecule has 15 heavy (non-hydrogen) atoms. The van der Waals surface area contributed by atoms with Gasteiger partial charge in [0.2, 0.25) is 0 Å². The van der Waals surface area contributed by atoms with E-state index in [-0.39, 0.29) is 6.10 Å². The van der Waals surface area contributed by atoms with Crippen LogP contribution in [0.2, 0.25) is 0 Å². The number of hydrogen-bond acceptors (Lipinski definition) is 3. The maximum Gasteiger partial charge on any atom is 0.0579 e. The molecule has 0 spiro atoms. The Bertz CT molecular complexity index is 327. The summed E-state index contributed by atoms with van der Waals surface area (Å²) in [6, 6.07) is 5.17. The second-order valence-electron chi connectivity index (χ2n) is 4.63. The first kappa shape index (κ1) is 9.16. The van der Waals surface area contributed by atoms with Gasteiger partial charge >= 0.3 is 0 Å². The molecule has 2 aliphatic rings. The Morgan fingerprint density at radius 1 is 1.27 bits per heavy atom. The van der Waals surface area contributed by atoms with Crippen molar-refractivity contribution in [3.05, 3.63) is 24.5 Å². The van der Waals surface area contributed by atoms with Gasteiger partial charge < -0.3 is 10.0 Å². The maximum absolute atomic E-state index is 9.71. The van der Waals surface area contributed by atoms with Gasteiger partial charge in [0.25, 0.3) is 0 Å².